The molecule has 0 radical (unpaired) electrons. The van der Waals surface area contributed by atoms with Gasteiger partial charge in [0.1, 0.15) is 5.65 Å². The molecule has 3 aromatic rings. The number of ether oxygens (including phenoxy) is 1. The molecule has 0 saturated carbocycles. The van der Waals surface area contributed by atoms with E-state index in [1.54, 1.807) is 25.3 Å². The van der Waals surface area contributed by atoms with Gasteiger partial charge in [0.25, 0.3) is 5.91 Å². The first-order chi connectivity index (χ1) is 13.5. The van der Waals surface area contributed by atoms with Crippen molar-refractivity contribution in [2.24, 2.45) is 0 Å². The van der Waals surface area contributed by atoms with Gasteiger partial charge in [-0.1, -0.05) is 17.7 Å². The molecule has 2 heterocycles. The van der Waals surface area contributed by atoms with Gasteiger partial charge in [0.2, 0.25) is 5.91 Å². The highest BCUT2D eigenvalue weighted by atomic mass is 35.5. The van der Waals surface area contributed by atoms with Crippen molar-refractivity contribution in [2.45, 2.75) is 13.3 Å². The molecule has 0 aliphatic heterocycles. The second-order valence-electron chi connectivity index (χ2n) is 6.32. The standard InChI is InChI=1S/C20H21ClN4O3/c1-13-4-3-8-25-12-15(23-19(13)25)11-18(26)24-17-10-14(5-6-16(17)21)20(27)22-7-9-28-2/h3-6,8,10,12H,7,9,11H2,1-2H3,(H,22,27)(H,24,26). The van der Waals surface area contributed by atoms with E-state index in [0.717, 1.165) is 11.2 Å². The van der Waals surface area contributed by atoms with E-state index < -0.39 is 0 Å². The number of imidazole rings is 1. The Kier molecular flexibility index (Phi) is 6.28. The van der Waals surface area contributed by atoms with Crippen molar-refractivity contribution in [1.82, 2.24) is 14.7 Å². The number of nitrogens with one attached hydrogen (secondary N) is 2. The number of fused-ring (bicyclic) bond motifs is 1. The maximum absolute atomic E-state index is 12.5. The van der Waals surface area contributed by atoms with E-state index in [2.05, 4.69) is 15.6 Å². The molecular formula is C20H21ClN4O3. The summed E-state index contributed by atoms with van der Waals surface area (Å²) in [4.78, 5) is 29.1. The molecule has 8 heteroatoms. The molecule has 3 rings (SSSR count). The molecule has 0 bridgehead atoms. The van der Waals surface area contributed by atoms with Crippen molar-refractivity contribution in [1.29, 1.82) is 0 Å². The average Bonchev–Trinajstić information content (AvgIpc) is 3.07. The molecule has 0 aliphatic rings. The van der Waals surface area contributed by atoms with Gasteiger partial charge < -0.3 is 19.8 Å². The van der Waals surface area contributed by atoms with Gasteiger partial charge >= 0.3 is 0 Å². The highest BCUT2D eigenvalue weighted by Gasteiger charge is 2.13. The highest BCUT2D eigenvalue weighted by Crippen LogP contribution is 2.23. The second kappa shape index (κ2) is 8.86. The number of aryl methyl sites for hydroxylation is 1. The van der Waals surface area contributed by atoms with E-state index in [-0.39, 0.29) is 18.2 Å². The molecule has 146 valence electrons. The zero-order valence-electron chi connectivity index (χ0n) is 15.7. The van der Waals surface area contributed by atoms with Crippen LogP contribution in [0.2, 0.25) is 5.02 Å². The summed E-state index contributed by atoms with van der Waals surface area (Å²) in [6.07, 6.45) is 3.81. The lowest BCUT2D eigenvalue weighted by atomic mass is 10.1. The molecule has 0 aliphatic carbocycles. The molecule has 0 fully saturated rings. The van der Waals surface area contributed by atoms with Gasteiger partial charge in [-0.3, -0.25) is 9.59 Å². The summed E-state index contributed by atoms with van der Waals surface area (Å²) in [6, 6.07) is 8.63. The Morgan fingerprint density at radius 3 is 2.86 bits per heavy atom. The van der Waals surface area contributed by atoms with Crippen LogP contribution in [-0.4, -0.2) is 41.5 Å². The average molecular weight is 401 g/mol. The number of aromatic nitrogens is 2. The number of pyridine rings is 1. The Bertz CT molecular complexity index is 1020. The van der Waals surface area contributed by atoms with Crippen LogP contribution < -0.4 is 10.6 Å². The molecule has 0 spiro atoms. The van der Waals surface area contributed by atoms with Crippen molar-refractivity contribution < 1.29 is 14.3 Å². The largest absolute Gasteiger partial charge is 0.383 e. The van der Waals surface area contributed by atoms with Crippen LogP contribution in [0.15, 0.2) is 42.7 Å². The van der Waals surface area contributed by atoms with E-state index in [0.29, 0.717) is 35.1 Å². The Morgan fingerprint density at radius 1 is 1.29 bits per heavy atom. The molecule has 7 nitrogen and oxygen atoms in total. The van der Waals surface area contributed by atoms with Crippen molar-refractivity contribution in [3.05, 3.63) is 64.6 Å². The summed E-state index contributed by atoms with van der Waals surface area (Å²) in [7, 11) is 1.56. The number of halogens is 1. The van der Waals surface area contributed by atoms with Crippen LogP contribution in [0.25, 0.3) is 5.65 Å². The molecule has 0 unspecified atom stereocenters. The Balaban J connectivity index is 1.69. The smallest absolute Gasteiger partial charge is 0.251 e. The van der Waals surface area contributed by atoms with Crippen LogP contribution in [0.3, 0.4) is 0 Å². The SMILES string of the molecule is COCCNC(=O)c1ccc(Cl)c(NC(=O)Cc2cn3cccc(C)c3n2)c1. The number of nitrogens with zero attached hydrogens (tertiary/aromatic N) is 2. The van der Waals surface area contributed by atoms with E-state index in [1.165, 1.54) is 0 Å². The van der Waals surface area contributed by atoms with E-state index in [9.17, 15) is 9.59 Å². The van der Waals surface area contributed by atoms with Crippen LogP contribution in [0.4, 0.5) is 5.69 Å². The molecule has 0 atom stereocenters. The lowest BCUT2D eigenvalue weighted by molar-refractivity contribution is -0.115. The summed E-state index contributed by atoms with van der Waals surface area (Å²) in [6.45, 7) is 2.78. The fourth-order valence-corrected chi connectivity index (χ4v) is 2.94. The zero-order valence-corrected chi connectivity index (χ0v) is 16.4. The third-order valence-corrected chi connectivity index (χ3v) is 4.49. The normalized spacial score (nSPS) is 10.8. The first-order valence-corrected chi connectivity index (χ1v) is 9.15. The molecule has 1 aromatic carbocycles. The lowest BCUT2D eigenvalue weighted by Crippen LogP contribution is -2.27. The van der Waals surface area contributed by atoms with Gasteiger partial charge in [0.05, 0.1) is 29.4 Å². The number of rotatable bonds is 7. The van der Waals surface area contributed by atoms with Gasteiger partial charge in [0.15, 0.2) is 0 Å². The Labute approximate surface area is 167 Å². The van der Waals surface area contributed by atoms with Crippen LogP contribution in [0.1, 0.15) is 21.6 Å². The minimum Gasteiger partial charge on any atom is -0.383 e. The van der Waals surface area contributed by atoms with Crippen molar-refractivity contribution in [3.63, 3.8) is 0 Å². The topological polar surface area (TPSA) is 84.7 Å². The number of hydrogen-bond acceptors (Lipinski definition) is 4. The number of benzene rings is 1. The molecule has 2 aromatic heterocycles. The van der Waals surface area contributed by atoms with Crippen LogP contribution in [0, 0.1) is 6.92 Å². The number of hydrogen-bond donors (Lipinski definition) is 2. The van der Waals surface area contributed by atoms with Gasteiger partial charge in [-0.05, 0) is 36.8 Å². The molecule has 28 heavy (non-hydrogen) atoms. The highest BCUT2D eigenvalue weighted by molar-refractivity contribution is 6.33. The third-order valence-electron chi connectivity index (χ3n) is 4.16. The van der Waals surface area contributed by atoms with Gasteiger partial charge in [-0.2, -0.15) is 0 Å². The van der Waals surface area contributed by atoms with Crippen molar-refractivity contribution in [2.75, 3.05) is 25.6 Å². The van der Waals surface area contributed by atoms with E-state index in [4.69, 9.17) is 16.3 Å². The zero-order chi connectivity index (χ0) is 20.1. The first-order valence-electron chi connectivity index (χ1n) is 8.77. The summed E-state index contributed by atoms with van der Waals surface area (Å²) in [5, 5.41) is 5.84. The number of carbonyl (C=O) groups is 2. The van der Waals surface area contributed by atoms with Crippen molar-refractivity contribution >= 4 is 34.7 Å². The Hall–Kier alpha value is -2.90. The van der Waals surface area contributed by atoms with E-state index in [1.807, 2.05) is 35.9 Å². The summed E-state index contributed by atoms with van der Waals surface area (Å²) >= 11 is 6.17. The van der Waals surface area contributed by atoms with Crippen LogP contribution >= 0.6 is 11.6 Å². The molecule has 2 amide bonds. The minimum absolute atomic E-state index is 0.0989. The van der Waals surface area contributed by atoms with Gasteiger partial charge in [0, 0.05) is 31.6 Å². The van der Waals surface area contributed by atoms with Crippen LogP contribution in [-0.2, 0) is 16.0 Å². The molecule has 2 N–H and O–H groups in total. The molecular weight excluding hydrogens is 380 g/mol. The lowest BCUT2D eigenvalue weighted by Gasteiger charge is -2.09. The number of methoxy groups -OCH3 is 1. The van der Waals surface area contributed by atoms with Gasteiger partial charge in [-0.25, -0.2) is 4.98 Å². The maximum atomic E-state index is 12.5. The summed E-state index contributed by atoms with van der Waals surface area (Å²) in [5.41, 5.74) is 3.28. The maximum Gasteiger partial charge on any atom is 0.251 e. The monoisotopic (exact) mass is 400 g/mol. The Morgan fingerprint density at radius 2 is 2.11 bits per heavy atom. The number of amides is 2. The minimum atomic E-state index is -0.264. The summed E-state index contributed by atoms with van der Waals surface area (Å²) < 4.78 is 6.79. The predicted molar refractivity (Wildman–Crippen MR) is 108 cm³/mol. The molecule has 0 saturated heterocycles. The fraction of sp³-hybridized carbons (Fsp3) is 0.250. The van der Waals surface area contributed by atoms with Crippen molar-refractivity contribution in [3.8, 4) is 0 Å². The number of anilines is 1. The van der Waals surface area contributed by atoms with Crippen LogP contribution in [0.5, 0.6) is 0 Å². The second-order valence-corrected chi connectivity index (χ2v) is 6.73. The van der Waals surface area contributed by atoms with Gasteiger partial charge in [-0.15, -0.1) is 0 Å². The summed E-state index contributed by atoms with van der Waals surface area (Å²) in [5.74, 6) is -0.528. The first kappa shape index (κ1) is 19.9. The third kappa shape index (κ3) is 4.68. The number of carbonyl (C=O) groups excluding carboxylic acids is 2. The van der Waals surface area contributed by atoms with E-state index >= 15 is 0 Å². The quantitative estimate of drug-likeness (QED) is 0.597. The fourth-order valence-electron chi connectivity index (χ4n) is 2.78. The predicted octanol–water partition coefficient (Wildman–Crippen LogP) is 2.85.